The Morgan fingerprint density at radius 2 is 1.96 bits per heavy atom. The number of benzene rings is 2. The molecule has 0 aliphatic rings. The molecule has 8 heteroatoms. The zero-order valence-corrected chi connectivity index (χ0v) is 13.9. The highest BCUT2D eigenvalue weighted by atomic mass is 32.2. The largest absolute Gasteiger partial charge is 0.491 e. The van der Waals surface area contributed by atoms with Gasteiger partial charge in [-0.2, -0.15) is 0 Å². The fraction of sp³-hybridized carbons (Fsp3) is 0.188. The highest BCUT2D eigenvalue weighted by Crippen LogP contribution is 2.24. The molecule has 24 heavy (non-hydrogen) atoms. The van der Waals surface area contributed by atoms with Gasteiger partial charge in [0.2, 0.25) is 0 Å². The van der Waals surface area contributed by atoms with Crippen LogP contribution >= 0.6 is 0 Å². The van der Waals surface area contributed by atoms with Crippen LogP contribution in [0.15, 0.2) is 41.3 Å². The van der Waals surface area contributed by atoms with E-state index in [9.17, 15) is 17.6 Å². The minimum absolute atomic E-state index is 0.00778. The maximum absolute atomic E-state index is 13.8. The molecule has 0 aliphatic carbocycles. The van der Waals surface area contributed by atoms with Crippen LogP contribution in [0.4, 0.5) is 10.1 Å². The van der Waals surface area contributed by atoms with Gasteiger partial charge in [0.1, 0.15) is 0 Å². The first-order valence-corrected chi connectivity index (χ1v) is 8.52. The Morgan fingerprint density at radius 1 is 1.25 bits per heavy atom. The lowest BCUT2D eigenvalue weighted by atomic mass is 10.1. The van der Waals surface area contributed by atoms with Crippen molar-refractivity contribution in [2.45, 2.75) is 18.7 Å². The summed E-state index contributed by atoms with van der Waals surface area (Å²) < 4.78 is 45.8. The molecule has 0 radical (unpaired) electrons. The fourth-order valence-electron chi connectivity index (χ4n) is 2.05. The third-order valence-corrected chi connectivity index (χ3v) is 4.61. The highest BCUT2D eigenvalue weighted by Gasteiger charge is 2.18. The SMILES string of the molecule is CCOc1ccc(NS(=O)(=O)c2ccc(C)c(C(=O)O)c2)cc1F. The summed E-state index contributed by atoms with van der Waals surface area (Å²) in [5, 5.41) is 9.08. The molecule has 2 rings (SSSR count). The summed E-state index contributed by atoms with van der Waals surface area (Å²) in [6, 6.07) is 7.41. The number of carboxylic acid groups (broad SMARTS) is 1. The maximum atomic E-state index is 13.8. The van der Waals surface area contributed by atoms with Crippen molar-refractivity contribution in [1.29, 1.82) is 0 Å². The minimum atomic E-state index is -4.05. The number of hydrogen-bond acceptors (Lipinski definition) is 4. The third-order valence-electron chi connectivity index (χ3n) is 3.23. The smallest absolute Gasteiger partial charge is 0.335 e. The van der Waals surface area contributed by atoms with Crippen molar-refractivity contribution in [2.75, 3.05) is 11.3 Å². The minimum Gasteiger partial charge on any atom is -0.491 e. The number of anilines is 1. The molecule has 0 saturated heterocycles. The Kier molecular flexibility index (Phi) is 5.08. The van der Waals surface area contributed by atoms with Gasteiger partial charge in [-0.3, -0.25) is 4.72 Å². The van der Waals surface area contributed by atoms with E-state index in [4.69, 9.17) is 9.84 Å². The van der Waals surface area contributed by atoms with E-state index in [-0.39, 0.29) is 28.5 Å². The van der Waals surface area contributed by atoms with Crippen LogP contribution in [0.2, 0.25) is 0 Å². The van der Waals surface area contributed by atoms with E-state index in [1.54, 1.807) is 13.8 Å². The molecule has 0 spiro atoms. The molecule has 128 valence electrons. The number of nitrogens with one attached hydrogen (secondary N) is 1. The lowest BCUT2D eigenvalue weighted by Crippen LogP contribution is -2.14. The Balaban J connectivity index is 2.33. The van der Waals surface area contributed by atoms with Crippen LogP contribution in [0.1, 0.15) is 22.8 Å². The van der Waals surface area contributed by atoms with Crippen LogP contribution in [0.5, 0.6) is 5.75 Å². The van der Waals surface area contributed by atoms with Crippen molar-refractivity contribution in [2.24, 2.45) is 0 Å². The van der Waals surface area contributed by atoms with Gasteiger partial charge >= 0.3 is 5.97 Å². The first kappa shape index (κ1) is 17.7. The van der Waals surface area contributed by atoms with Gasteiger partial charge in [-0.25, -0.2) is 17.6 Å². The summed E-state index contributed by atoms with van der Waals surface area (Å²) in [6.45, 7) is 3.55. The van der Waals surface area contributed by atoms with Gasteiger partial charge in [0, 0.05) is 6.07 Å². The number of hydrogen-bond donors (Lipinski definition) is 2. The van der Waals surface area contributed by atoms with Crippen LogP contribution in [0, 0.1) is 12.7 Å². The van der Waals surface area contributed by atoms with Gasteiger partial charge in [-0.05, 0) is 43.7 Å². The molecule has 2 N–H and O–H groups in total. The number of ether oxygens (including phenoxy) is 1. The average molecular weight is 353 g/mol. The van der Waals surface area contributed by atoms with E-state index >= 15 is 0 Å². The molecule has 0 amide bonds. The predicted molar refractivity (Wildman–Crippen MR) is 86.5 cm³/mol. The average Bonchev–Trinajstić information content (AvgIpc) is 2.49. The molecule has 0 aromatic heterocycles. The lowest BCUT2D eigenvalue weighted by molar-refractivity contribution is 0.0696. The van der Waals surface area contributed by atoms with Gasteiger partial charge in [-0.15, -0.1) is 0 Å². The van der Waals surface area contributed by atoms with Crippen molar-refractivity contribution in [3.63, 3.8) is 0 Å². The van der Waals surface area contributed by atoms with Crippen molar-refractivity contribution >= 4 is 21.7 Å². The van der Waals surface area contributed by atoms with Gasteiger partial charge in [0.25, 0.3) is 10.0 Å². The van der Waals surface area contributed by atoms with Crippen LogP contribution in [-0.4, -0.2) is 26.1 Å². The molecule has 0 aliphatic heterocycles. The topological polar surface area (TPSA) is 92.7 Å². The second kappa shape index (κ2) is 6.88. The van der Waals surface area contributed by atoms with Crippen LogP contribution in [0.3, 0.4) is 0 Å². The molecule has 0 saturated carbocycles. The van der Waals surface area contributed by atoms with E-state index in [1.807, 2.05) is 0 Å². The van der Waals surface area contributed by atoms with Gasteiger partial charge in [-0.1, -0.05) is 6.07 Å². The molecule has 6 nitrogen and oxygen atoms in total. The Hall–Kier alpha value is -2.61. The van der Waals surface area contributed by atoms with Crippen molar-refractivity contribution in [1.82, 2.24) is 0 Å². The van der Waals surface area contributed by atoms with Crippen LogP contribution in [-0.2, 0) is 10.0 Å². The van der Waals surface area contributed by atoms with Crippen molar-refractivity contribution < 1.29 is 27.4 Å². The van der Waals surface area contributed by atoms with Gasteiger partial charge in [0.05, 0.1) is 22.8 Å². The molecule has 2 aromatic rings. The number of aromatic carboxylic acids is 1. The van der Waals surface area contributed by atoms with Crippen LogP contribution < -0.4 is 9.46 Å². The van der Waals surface area contributed by atoms with Crippen LogP contribution in [0.25, 0.3) is 0 Å². The van der Waals surface area contributed by atoms with E-state index in [1.165, 1.54) is 24.3 Å². The van der Waals surface area contributed by atoms with E-state index in [0.717, 1.165) is 12.1 Å². The molecule has 0 unspecified atom stereocenters. The predicted octanol–water partition coefficient (Wildman–Crippen LogP) is 3.03. The summed E-state index contributed by atoms with van der Waals surface area (Å²) >= 11 is 0. The molecule has 0 bridgehead atoms. The number of sulfonamides is 1. The molecular weight excluding hydrogens is 337 g/mol. The highest BCUT2D eigenvalue weighted by molar-refractivity contribution is 7.92. The molecule has 0 heterocycles. The summed E-state index contributed by atoms with van der Waals surface area (Å²) in [6.07, 6.45) is 0. The first-order chi connectivity index (χ1) is 11.2. The Bertz CT molecular complexity index is 880. The van der Waals surface area contributed by atoms with Crippen molar-refractivity contribution in [3.05, 3.63) is 53.3 Å². The second-order valence-electron chi connectivity index (χ2n) is 4.97. The molecule has 0 fully saturated rings. The van der Waals surface area contributed by atoms with E-state index < -0.39 is 21.8 Å². The standard InChI is InChI=1S/C16H16FNO5S/c1-3-23-15-7-5-11(8-14(15)17)18-24(21,22)12-6-4-10(2)13(9-12)16(19)20/h4-9,18H,3H2,1-2H3,(H,19,20). The Labute approximate surface area is 138 Å². The first-order valence-electron chi connectivity index (χ1n) is 7.03. The summed E-state index contributed by atoms with van der Waals surface area (Å²) in [7, 11) is -4.05. The quantitative estimate of drug-likeness (QED) is 0.833. The number of carbonyl (C=O) groups is 1. The summed E-state index contributed by atoms with van der Waals surface area (Å²) in [5.41, 5.74) is 0.331. The number of carboxylic acids is 1. The number of rotatable bonds is 6. The zero-order chi connectivity index (χ0) is 17.9. The lowest BCUT2D eigenvalue weighted by Gasteiger charge is -2.11. The fourth-order valence-corrected chi connectivity index (χ4v) is 3.12. The van der Waals surface area contributed by atoms with Gasteiger partial charge < -0.3 is 9.84 Å². The normalized spacial score (nSPS) is 11.1. The monoisotopic (exact) mass is 353 g/mol. The van der Waals surface area contributed by atoms with E-state index in [2.05, 4.69) is 4.72 Å². The van der Waals surface area contributed by atoms with E-state index in [0.29, 0.717) is 5.56 Å². The maximum Gasteiger partial charge on any atom is 0.335 e. The number of halogens is 1. The summed E-state index contributed by atoms with van der Waals surface area (Å²) in [5.74, 6) is -1.91. The van der Waals surface area contributed by atoms with Gasteiger partial charge in [0.15, 0.2) is 11.6 Å². The third kappa shape index (κ3) is 3.83. The van der Waals surface area contributed by atoms with Crippen molar-refractivity contribution in [3.8, 4) is 5.75 Å². The second-order valence-corrected chi connectivity index (χ2v) is 6.65. The zero-order valence-electron chi connectivity index (χ0n) is 13.0. The molecule has 0 atom stereocenters. The summed E-state index contributed by atoms with van der Waals surface area (Å²) in [4.78, 5) is 10.9. The molecule has 2 aromatic carbocycles. The number of aryl methyl sites for hydroxylation is 1. The molecular formula is C16H16FNO5S. The Morgan fingerprint density at radius 3 is 2.54 bits per heavy atom.